The summed E-state index contributed by atoms with van der Waals surface area (Å²) in [6.07, 6.45) is 2.10. The molecule has 0 bridgehead atoms. The first-order valence-electron chi connectivity index (χ1n) is 5.62. The first-order chi connectivity index (χ1) is 8.16. The van der Waals surface area contributed by atoms with Gasteiger partial charge >= 0.3 is 5.97 Å². The molecule has 0 aliphatic carbocycles. The van der Waals surface area contributed by atoms with E-state index in [1.165, 1.54) is 14.0 Å². The minimum atomic E-state index is -3.44. The molecule has 0 saturated carbocycles. The van der Waals surface area contributed by atoms with Crippen molar-refractivity contribution in [3.63, 3.8) is 0 Å². The van der Waals surface area contributed by atoms with Gasteiger partial charge in [0, 0.05) is 13.6 Å². The molecule has 0 spiro atoms. The van der Waals surface area contributed by atoms with Gasteiger partial charge in [-0.1, -0.05) is 0 Å². The fourth-order valence-corrected chi connectivity index (χ4v) is 3.09. The van der Waals surface area contributed by atoms with Gasteiger partial charge in [-0.2, -0.15) is 4.31 Å². The first-order valence-corrected chi connectivity index (χ1v) is 7.47. The highest BCUT2D eigenvalue weighted by Crippen LogP contribution is 2.22. The van der Waals surface area contributed by atoms with Crippen molar-refractivity contribution >= 4 is 21.9 Å². The Bertz CT molecular complexity index is 447. The van der Waals surface area contributed by atoms with E-state index in [0.29, 0.717) is 19.4 Å². The van der Waals surface area contributed by atoms with Gasteiger partial charge in [0.25, 0.3) is 0 Å². The Morgan fingerprint density at radius 2 is 2.00 bits per heavy atom. The quantitative estimate of drug-likeness (QED) is 0.736. The summed E-state index contributed by atoms with van der Waals surface area (Å²) >= 11 is 0. The van der Waals surface area contributed by atoms with Crippen molar-refractivity contribution in [3.05, 3.63) is 0 Å². The Balaban J connectivity index is 2.87. The Morgan fingerprint density at radius 3 is 2.44 bits per heavy atom. The first kappa shape index (κ1) is 14.9. The van der Waals surface area contributed by atoms with E-state index in [-0.39, 0.29) is 0 Å². The lowest BCUT2D eigenvalue weighted by atomic mass is 10.2. The minimum Gasteiger partial charge on any atom is -0.480 e. The molecule has 1 aliphatic heterocycles. The highest BCUT2D eigenvalue weighted by atomic mass is 32.2. The fraction of sp³-hybridized carbons (Fsp3) is 0.800. The molecular formula is C10H18N2O5S. The zero-order chi connectivity index (χ0) is 14.1. The predicted molar refractivity (Wildman–Crippen MR) is 64.4 cm³/mol. The third kappa shape index (κ3) is 2.99. The van der Waals surface area contributed by atoms with E-state index in [2.05, 4.69) is 0 Å². The second-order valence-corrected chi connectivity index (χ2v) is 6.43. The van der Waals surface area contributed by atoms with Gasteiger partial charge in [-0.3, -0.25) is 4.79 Å². The molecule has 1 saturated heterocycles. The predicted octanol–water partition coefficient (Wildman–Crippen LogP) is -0.658. The molecule has 0 radical (unpaired) electrons. The van der Waals surface area contributed by atoms with Crippen LogP contribution in [0.15, 0.2) is 0 Å². The second-order valence-electron chi connectivity index (χ2n) is 4.50. The second kappa shape index (κ2) is 5.23. The Labute approximate surface area is 106 Å². The molecule has 2 atom stereocenters. The number of carbonyl (C=O) groups excluding carboxylic acids is 1. The lowest BCUT2D eigenvalue weighted by molar-refractivity contribution is -0.149. The topological polar surface area (TPSA) is 95.0 Å². The van der Waals surface area contributed by atoms with Crippen LogP contribution in [0.5, 0.6) is 0 Å². The summed E-state index contributed by atoms with van der Waals surface area (Å²) in [5.41, 5.74) is 0. The zero-order valence-electron chi connectivity index (χ0n) is 10.7. The molecule has 1 aliphatic rings. The summed E-state index contributed by atoms with van der Waals surface area (Å²) in [5, 5.41) is 8.84. The van der Waals surface area contributed by atoms with Crippen molar-refractivity contribution in [2.45, 2.75) is 31.8 Å². The summed E-state index contributed by atoms with van der Waals surface area (Å²) in [7, 11) is -2.06. The van der Waals surface area contributed by atoms with Crippen molar-refractivity contribution in [2.75, 3.05) is 19.8 Å². The maximum absolute atomic E-state index is 12.1. The summed E-state index contributed by atoms with van der Waals surface area (Å²) in [4.78, 5) is 24.0. The number of hydrogen-bond acceptors (Lipinski definition) is 4. The van der Waals surface area contributed by atoms with Crippen molar-refractivity contribution < 1.29 is 23.1 Å². The number of aliphatic carboxylic acids is 1. The Morgan fingerprint density at radius 1 is 1.44 bits per heavy atom. The third-order valence-corrected chi connectivity index (χ3v) is 4.49. The summed E-state index contributed by atoms with van der Waals surface area (Å²) in [6.45, 7) is 1.70. The van der Waals surface area contributed by atoms with E-state index in [0.717, 1.165) is 15.5 Å². The number of sulfonamides is 1. The third-order valence-electron chi connectivity index (χ3n) is 3.20. The molecule has 18 heavy (non-hydrogen) atoms. The average Bonchev–Trinajstić information content (AvgIpc) is 2.74. The average molecular weight is 278 g/mol. The molecule has 0 aromatic heterocycles. The van der Waals surface area contributed by atoms with Crippen molar-refractivity contribution in [1.82, 2.24) is 9.21 Å². The summed E-state index contributed by atoms with van der Waals surface area (Å²) in [5.74, 6) is -1.58. The largest absolute Gasteiger partial charge is 0.480 e. The Kier molecular flexibility index (Phi) is 4.33. The lowest BCUT2D eigenvalue weighted by Gasteiger charge is -2.28. The Hall–Kier alpha value is -1.15. The van der Waals surface area contributed by atoms with E-state index in [9.17, 15) is 18.0 Å². The van der Waals surface area contributed by atoms with Gasteiger partial charge in [0.05, 0.1) is 6.26 Å². The molecule has 8 heteroatoms. The van der Waals surface area contributed by atoms with Crippen molar-refractivity contribution in [2.24, 2.45) is 0 Å². The standard InChI is InChI=1S/C10H18N2O5S/c1-7(10(14)15)11(2)9(13)8-5-4-6-12(8)18(3,16)17/h7-8H,4-6H2,1-3H3,(H,14,15)/t7-,8+/m1/s1. The van der Waals surface area contributed by atoms with Crippen LogP contribution in [0.2, 0.25) is 0 Å². The number of likely N-dealkylation sites (N-methyl/N-ethyl adjacent to an activating group) is 1. The van der Waals surface area contributed by atoms with Crippen molar-refractivity contribution in [1.29, 1.82) is 0 Å². The van der Waals surface area contributed by atoms with E-state index < -0.39 is 34.0 Å². The number of amides is 1. The van der Waals surface area contributed by atoms with Crippen molar-refractivity contribution in [3.8, 4) is 0 Å². The van der Waals surface area contributed by atoms with Gasteiger partial charge in [-0.25, -0.2) is 13.2 Å². The van der Waals surface area contributed by atoms with Crippen LogP contribution < -0.4 is 0 Å². The van der Waals surface area contributed by atoms with Crippen LogP contribution in [0.4, 0.5) is 0 Å². The smallest absolute Gasteiger partial charge is 0.326 e. The highest BCUT2D eigenvalue weighted by Gasteiger charge is 2.39. The molecule has 1 fully saturated rings. The maximum atomic E-state index is 12.1. The van der Waals surface area contributed by atoms with Gasteiger partial charge in [-0.05, 0) is 19.8 Å². The minimum absolute atomic E-state index is 0.310. The number of hydrogen-bond donors (Lipinski definition) is 1. The molecule has 0 unspecified atom stereocenters. The monoisotopic (exact) mass is 278 g/mol. The molecule has 104 valence electrons. The van der Waals surface area contributed by atoms with Gasteiger partial charge in [0.15, 0.2) is 0 Å². The van der Waals surface area contributed by atoms with Crippen LogP contribution in [0.25, 0.3) is 0 Å². The van der Waals surface area contributed by atoms with E-state index in [1.54, 1.807) is 0 Å². The number of carbonyl (C=O) groups is 2. The van der Waals surface area contributed by atoms with Gasteiger partial charge in [0.2, 0.25) is 15.9 Å². The van der Waals surface area contributed by atoms with Gasteiger partial charge in [-0.15, -0.1) is 0 Å². The molecule has 0 aromatic rings. The summed E-state index contributed by atoms with van der Waals surface area (Å²) in [6, 6.07) is -1.74. The van der Waals surface area contributed by atoms with Crippen LogP contribution in [-0.2, 0) is 19.6 Å². The molecule has 1 amide bonds. The molecule has 0 aromatic carbocycles. The van der Waals surface area contributed by atoms with E-state index in [4.69, 9.17) is 5.11 Å². The molecule has 1 heterocycles. The van der Waals surface area contributed by atoms with Crippen LogP contribution in [0, 0.1) is 0 Å². The van der Waals surface area contributed by atoms with Crippen LogP contribution in [0.3, 0.4) is 0 Å². The molecule has 1 rings (SSSR count). The van der Waals surface area contributed by atoms with Crippen LogP contribution in [-0.4, -0.2) is 66.5 Å². The normalized spacial score (nSPS) is 22.7. The van der Waals surface area contributed by atoms with Crippen LogP contribution >= 0.6 is 0 Å². The lowest BCUT2D eigenvalue weighted by Crippen LogP contribution is -2.50. The SMILES string of the molecule is C[C@H](C(=O)O)N(C)C(=O)[C@@H]1CCCN1S(C)(=O)=O. The van der Waals surface area contributed by atoms with Crippen LogP contribution in [0.1, 0.15) is 19.8 Å². The molecule has 1 N–H and O–H groups in total. The maximum Gasteiger partial charge on any atom is 0.326 e. The zero-order valence-corrected chi connectivity index (χ0v) is 11.5. The fourth-order valence-electron chi connectivity index (χ4n) is 1.98. The van der Waals surface area contributed by atoms with Gasteiger partial charge in [0.1, 0.15) is 12.1 Å². The highest BCUT2D eigenvalue weighted by molar-refractivity contribution is 7.88. The van der Waals surface area contributed by atoms with Gasteiger partial charge < -0.3 is 10.0 Å². The van der Waals surface area contributed by atoms with E-state index >= 15 is 0 Å². The van der Waals surface area contributed by atoms with E-state index in [1.807, 2.05) is 0 Å². The molecular weight excluding hydrogens is 260 g/mol. The summed E-state index contributed by atoms with van der Waals surface area (Å²) < 4.78 is 24.2. The number of rotatable bonds is 4. The number of nitrogens with zero attached hydrogens (tertiary/aromatic N) is 2. The number of carboxylic acid groups (broad SMARTS) is 1. The molecule has 7 nitrogen and oxygen atoms in total. The number of carboxylic acids is 1.